The van der Waals surface area contributed by atoms with Crippen molar-refractivity contribution in [1.29, 1.82) is 0 Å². The summed E-state index contributed by atoms with van der Waals surface area (Å²) in [5, 5.41) is 9.58. The van der Waals surface area contributed by atoms with Gasteiger partial charge < -0.3 is 5.11 Å². The van der Waals surface area contributed by atoms with Crippen molar-refractivity contribution < 1.29 is 14.7 Å². The minimum atomic E-state index is -1.13. The van der Waals surface area contributed by atoms with Crippen molar-refractivity contribution in [3.05, 3.63) is 29.8 Å². The van der Waals surface area contributed by atoms with Crippen molar-refractivity contribution in [3.8, 4) is 0 Å². The van der Waals surface area contributed by atoms with Gasteiger partial charge in [0, 0.05) is 0 Å². The molecule has 0 fully saturated rings. The predicted octanol–water partition coefficient (Wildman–Crippen LogP) is 2.04. The van der Waals surface area contributed by atoms with Gasteiger partial charge in [-0.1, -0.05) is 18.2 Å². The highest BCUT2D eigenvalue weighted by atomic mass is 16.7. The fourth-order valence-corrected chi connectivity index (χ4v) is 1.07. The van der Waals surface area contributed by atoms with Gasteiger partial charge in [0.2, 0.25) is 0 Å². The van der Waals surface area contributed by atoms with Crippen molar-refractivity contribution in [2.45, 2.75) is 6.92 Å². The Morgan fingerprint density at radius 2 is 2.08 bits per heavy atom. The molecule has 0 heterocycles. The number of amides is 1. The number of para-hydroxylation sites is 1. The lowest BCUT2D eigenvalue weighted by molar-refractivity contribution is 0.130. The third kappa shape index (κ3) is 1.97. The molecule has 0 spiro atoms. The minimum absolute atomic E-state index is 0.539. The van der Waals surface area contributed by atoms with Crippen molar-refractivity contribution in [2.75, 3.05) is 12.2 Å². The van der Waals surface area contributed by atoms with Gasteiger partial charge in [-0.3, -0.25) is 4.84 Å². The molecule has 0 bridgehead atoms. The third-order valence-corrected chi connectivity index (χ3v) is 1.69. The fraction of sp³-hybridized carbons (Fsp3) is 0.222. The Hall–Kier alpha value is -1.55. The molecule has 1 N–H and O–H groups in total. The van der Waals surface area contributed by atoms with E-state index in [2.05, 4.69) is 0 Å². The van der Waals surface area contributed by atoms with E-state index >= 15 is 0 Å². The van der Waals surface area contributed by atoms with Gasteiger partial charge in [-0.2, -0.15) is 5.06 Å². The molecule has 0 unspecified atom stereocenters. The Bertz CT molecular complexity index is 311. The zero-order valence-electron chi connectivity index (χ0n) is 7.52. The average Bonchev–Trinajstić information content (AvgIpc) is 2.09. The number of rotatable bonds is 2. The predicted molar refractivity (Wildman–Crippen MR) is 48.7 cm³/mol. The first-order valence-electron chi connectivity index (χ1n) is 3.79. The molecule has 0 saturated carbocycles. The molecule has 4 heteroatoms. The second kappa shape index (κ2) is 3.91. The molecule has 0 aliphatic rings. The van der Waals surface area contributed by atoms with E-state index in [0.29, 0.717) is 5.69 Å². The highest BCUT2D eigenvalue weighted by Crippen LogP contribution is 2.18. The van der Waals surface area contributed by atoms with Crippen LogP contribution < -0.4 is 5.06 Å². The molecule has 0 aromatic heterocycles. The summed E-state index contributed by atoms with van der Waals surface area (Å²) in [7, 11) is 1.32. The van der Waals surface area contributed by atoms with Gasteiger partial charge in [-0.25, -0.2) is 4.79 Å². The van der Waals surface area contributed by atoms with Crippen LogP contribution in [-0.2, 0) is 4.84 Å². The van der Waals surface area contributed by atoms with Gasteiger partial charge >= 0.3 is 6.09 Å². The molecule has 1 amide bonds. The molecule has 1 rings (SSSR count). The second-order valence-electron chi connectivity index (χ2n) is 2.55. The SMILES string of the molecule is CON(C(=O)O)c1ccccc1C. The number of carbonyl (C=O) groups is 1. The van der Waals surface area contributed by atoms with Gasteiger partial charge in [-0.05, 0) is 18.6 Å². The molecule has 4 nitrogen and oxygen atoms in total. The number of hydrogen-bond acceptors (Lipinski definition) is 2. The summed E-state index contributed by atoms with van der Waals surface area (Å²) in [6.07, 6.45) is -1.13. The van der Waals surface area contributed by atoms with Crippen LogP contribution in [0.1, 0.15) is 5.56 Å². The highest BCUT2D eigenvalue weighted by molar-refractivity contribution is 5.84. The van der Waals surface area contributed by atoms with E-state index in [-0.39, 0.29) is 0 Å². The zero-order chi connectivity index (χ0) is 9.84. The Kier molecular flexibility index (Phi) is 2.87. The molecule has 0 aliphatic heterocycles. The van der Waals surface area contributed by atoms with Crippen LogP contribution in [0.5, 0.6) is 0 Å². The number of anilines is 1. The molecule has 13 heavy (non-hydrogen) atoms. The Morgan fingerprint density at radius 3 is 2.54 bits per heavy atom. The molecule has 0 saturated heterocycles. The molecule has 1 aromatic carbocycles. The van der Waals surface area contributed by atoms with Crippen LogP contribution in [0.25, 0.3) is 0 Å². The first-order valence-corrected chi connectivity index (χ1v) is 3.79. The van der Waals surface area contributed by atoms with Crippen LogP contribution in [-0.4, -0.2) is 18.3 Å². The maximum atomic E-state index is 10.7. The van der Waals surface area contributed by atoms with E-state index in [9.17, 15) is 4.79 Å². The van der Waals surface area contributed by atoms with Crippen molar-refractivity contribution >= 4 is 11.8 Å². The Labute approximate surface area is 76.3 Å². The topological polar surface area (TPSA) is 49.8 Å². The lowest BCUT2D eigenvalue weighted by Crippen LogP contribution is -2.28. The number of nitrogens with zero attached hydrogens (tertiary/aromatic N) is 1. The van der Waals surface area contributed by atoms with E-state index in [1.54, 1.807) is 12.1 Å². The highest BCUT2D eigenvalue weighted by Gasteiger charge is 2.14. The standard InChI is InChI=1S/C9H11NO3/c1-7-5-3-4-6-8(7)10(13-2)9(11)12/h3-6H,1-2H3,(H,11,12). The van der Waals surface area contributed by atoms with Crippen molar-refractivity contribution in [2.24, 2.45) is 0 Å². The lowest BCUT2D eigenvalue weighted by Gasteiger charge is -2.17. The van der Waals surface area contributed by atoms with Crippen molar-refractivity contribution in [1.82, 2.24) is 0 Å². The van der Waals surface area contributed by atoms with Gasteiger partial charge in [0.15, 0.2) is 0 Å². The number of carboxylic acid groups (broad SMARTS) is 1. The summed E-state index contributed by atoms with van der Waals surface area (Å²) in [4.78, 5) is 15.4. The van der Waals surface area contributed by atoms with Crippen LogP contribution in [0.2, 0.25) is 0 Å². The summed E-state index contributed by atoms with van der Waals surface area (Å²) in [6, 6.07) is 7.11. The molecule has 1 aromatic rings. The van der Waals surface area contributed by atoms with Crippen LogP contribution in [0.4, 0.5) is 10.5 Å². The summed E-state index contributed by atoms with van der Waals surface area (Å²) >= 11 is 0. The molecular formula is C9H11NO3. The van der Waals surface area contributed by atoms with Crippen LogP contribution in [0, 0.1) is 6.92 Å². The van der Waals surface area contributed by atoms with Gasteiger partial charge in [0.1, 0.15) is 0 Å². The van der Waals surface area contributed by atoms with Gasteiger partial charge in [0.25, 0.3) is 0 Å². The first kappa shape index (κ1) is 9.54. The number of hydrogen-bond donors (Lipinski definition) is 1. The molecular weight excluding hydrogens is 170 g/mol. The van der Waals surface area contributed by atoms with E-state index in [0.717, 1.165) is 10.6 Å². The average molecular weight is 181 g/mol. The first-order chi connectivity index (χ1) is 6.16. The smallest absolute Gasteiger partial charge is 0.436 e. The number of benzene rings is 1. The minimum Gasteiger partial charge on any atom is -0.463 e. The molecule has 0 aliphatic carbocycles. The maximum Gasteiger partial charge on any atom is 0.436 e. The normalized spacial score (nSPS) is 9.69. The number of hydroxylamine groups is 1. The third-order valence-electron chi connectivity index (χ3n) is 1.69. The summed E-state index contributed by atoms with van der Waals surface area (Å²) in [5.74, 6) is 0. The Balaban J connectivity index is 3.04. The monoisotopic (exact) mass is 181 g/mol. The van der Waals surface area contributed by atoms with Crippen LogP contribution in [0.15, 0.2) is 24.3 Å². The summed E-state index contributed by atoms with van der Waals surface area (Å²) in [5.41, 5.74) is 1.39. The summed E-state index contributed by atoms with van der Waals surface area (Å²) < 4.78 is 0. The Morgan fingerprint density at radius 1 is 1.46 bits per heavy atom. The quantitative estimate of drug-likeness (QED) is 0.710. The fourth-order valence-electron chi connectivity index (χ4n) is 1.07. The molecule has 0 atom stereocenters. The molecule has 70 valence electrons. The van der Waals surface area contributed by atoms with Crippen molar-refractivity contribution in [3.63, 3.8) is 0 Å². The van der Waals surface area contributed by atoms with E-state index in [1.807, 2.05) is 19.1 Å². The van der Waals surface area contributed by atoms with Crippen LogP contribution in [0.3, 0.4) is 0 Å². The largest absolute Gasteiger partial charge is 0.463 e. The summed E-state index contributed by atoms with van der Waals surface area (Å²) in [6.45, 7) is 1.82. The van der Waals surface area contributed by atoms with Gasteiger partial charge in [0.05, 0.1) is 12.8 Å². The van der Waals surface area contributed by atoms with E-state index in [4.69, 9.17) is 9.94 Å². The van der Waals surface area contributed by atoms with E-state index < -0.39 is 6.09 Å². The number of aryl methyl sites for hydroxylation is 1. The molecule has 0 radical (unpaired) electrons. The zero-order valence-corrected chi connectivity index (χ0v) is 7.52. The van der Waals surface area contributed by atoms with Crippen LogP contribution >= 0.6 is 0 Å². The van der Waals surface area contributed by atoms with Gasteiger partial charge in [-0.15, -0.1) is 0 Å². The maximum absolute atomic E-state index is 10.7. The van der Waals surface area contributed by atoms with E-state index in [1.165, 1.54) is 7.11 Å². The second-order valence-corrected chi connectivity index (χ2v) is 2.55. The lowest BCUT2D eigenvalue weighted by atomic mass is 10.2.